The Kier molecular flexibility index (Phi) is 5.53. The molecule has 0 unspecified atom stereocenters. The molecule has 0 aromatic carbocycles. The topological polar surface area (TPSA) is 53.5 Å². The number of morpholine rings is 1. The molecule has 1 aromatic heterocycles. The zero-order valence-corrected chi connectivity index (χ0v) is 13.6. The molecule has 2 fully saturated rings. The fourth-order valence-electron chi connectivity index (χ4n) is 2.77. The Morgan fingerprint density at radius 1 is 1.14 bits per heavy atom. The van der Waals surface area contributed by atoms with E-state index in [9.17, 15) is 0 Å². The van der Waals surface area contributed by atoms with Crippen LogP contribution in [0, 0.1) is 0 Å². The van der Waals surface area contributed by atoms with Crippen LogP contribution in [-0.4, -0.2) is 65.9 Å². The molecule has 22 heavy (non-hydrogen) atoms. The van der Waals surface area contributed by atoms with E-state index in [0.717, 1.165) is 57.6 Å². The summed E-state index contributed by atoms with van der Waals surface area (Å²) in [7, 11) is 0. The first-order valence-electron chi connectivity index (χ1n) is 7.98. The summed E-state index contributed by atoms with van der Waals surface area (Å²) in [5.41, 5.74) is 0.756. The highest BCUT2D eigenvalue weighted by molar-refractivity contribution is 7.80. The first-order valence-corrected chi connectivity index (χ1v) is 8.39. The van der Waals surface area contributed by atoms with Gasteiger partial charge in [0.05, 0.1) is 32.3 Å². The SMILES string of the molecule is S=C(NCN1CCOCC1)c1cncc(N2CCCCC2)n1. The quantitative estimate of drug-likeness (QED) is 0.831. The van der Waals surface area contributed by atoms with Gasteiger partial charge in [-0.25, -0.2) is 4.98 Å². The summed E-state index contributed by atoms with van der Waals surface area (Å²) in [5.74, 6) is 0.938. The van der Waals surface area contributed by atoms with Crippen LogP contribution < -0.4 is 10.2 Å². The Labute approximate surface area is 136 Å². The third kappa shape index (κ3) is 4.12. The van der Waals surface area contributed by atoms with E-state index in [1.54, 1.807) is 6.20 Å². The zero-order valence-electron chi connectivity index (χ0n) is 12.8. The maximum atomic E-state index is 5.46. The second-order valence-electron chi connectivity index (χ2n) is 5.70. The Morgan fingerprint density at radius 2 is 1.91 bits per heavy atom. The molecule has 120 valence electrons. The largest absolute Gasteiger partial charge is 0.379 e. The van der Waals surface area contributed by atoms with Crippen LogP contribution in [0.25, 0.3) is 0 Å². The molecule has 2 saturated heterocycles. The highest BCUT2D eigenvalue weighted by Gasteiger charge is 2.15. The average Bonchev–Trinajstić information content (AvgIpc) is 2.61. The number of nitrogens with one attached hydrogen (secondary N) is 1. The van der Waals surface area contributed by atoms with Gasteiger partial charge in [0.15, 0.2) is 0 Å². The van der Waals surface area contributed by atoms with E-state index in [0.29, 0.717) is 4.99 Å². The van der Waals surface area contributed by atoms with Gasteiger partial charge < -0.3 is 15.0 Å². The lowest BCUT2D eigenvalue weighted by Crippen LogP contribution is -2.43. The van der Waals surface area contributed by atoms with E-state index in [-0.39, 0.29) is 0 Å². The number of hydrogen-bond acceptors (Lipinski definition) is 6. The van der Waals surface area contributed by atoms with Crippen LogP contribution in [0.4, 0.5) is 5.82 Å². The van der Waals surface area contributed by atoms with Crippen LogP contribution >= 0.6 is 12.2 Å². The molecule has 6 nitrogen and oxygen atoms in total. The number of ether oxygens (including phenoxy) is 1. The van der Waals surface area contributed by atoms with Crippen LogP contribution in [0.1, 0.15) is 25.0 Å². The molecule has 0 spiro atoms. The molecule has 7 heteroatoms. The van der Waals surface area contributed by atoms with Crippen molar-refractivity contribution in [3.63, 3.8) is 0 Å². The molecule has 1 N–H and O–H groups in total. The lowest BCUT2D eigenvalue weighted by atomic mass is 10.1. The molecule has 2 aliphatic heterocycles. The van der Waals surface area contributed by atoms with E-state index < -0.39 is 0 Å². The maximum absolute atomic E-state index is 5.46. The molecule has 3 heterocycles. The summed E-state index contributed by atoms with van der Waals surface area (Å²) < 4.78 is 5.34. The van der Waals surface area contributed by atoms with Gasteiger partial charge in [0, 0.05) is 26.2 Å². The first kappa shape index (κ1) is 15.6. The number of nitrogens with zero attached hydrogens (tertiary/aromatic N) is 4. The fraction of sp³-hybridized carbons (Fsp3) is 0.667. The third-order valence-electron chi connectivity index (χ3n) is 4.10. The van der Waals surface area contributed by atoms with Crippen molar-refractivity contribution < 1.29 is 4.74 Å². The van der Waals surface area contributed by atoms with Crippen LogP contribution in [0.2, 0.25) is 0 Å². The minimum atomic E-state index is 0.665. The summed E-state index contributed by atoms with van der Waals surface area (Å²) in [4.78, 5) is 14.2. The van der Waals surface area contributed by atoms with E-state index in [4.69, 9.17) is 17.0 Å². The summed E-state index contributed by atoms with van der Waals surface area (Å²) in [6.45, 7) is 6.32. The molecule has 0 radical (unpaired) electrons. The Hall–Kier alpha value is -1.31. The summed E-state index contributed by atoms with van der Waals surface area (Å²) in [5, 5.41) is 3.28. The molecule has 1 aromatic rings. The summed E-state index contributed by atoms with van der Waals surface area (Å²) in [6.07, 6.45) is 7.34. The maximum Gasteiger partial charge on any atom is 0.147 e. The van der Waals surface area contributed by atoms with Gasteiger partial charge in [0.2, 0.25) is 0 Å². The molecular formula is C15H23N5OS. The van der Waals surface area contributed by atoms with E-state index >= 15 is 0 Å². The van der Waals surface area contributed by atoms with Gasteiger partial charge in [-0.05, 0) is 19.3 Å². The second kappa shape index (κ2) is 7.80. The van der Waals surface area contributed by atoms with Crippen molar-refractivity contribution in [3.8, 4) is 0 Å². The first-order chi connectivity index (χ1) is 10.8. The fourth-order valence-corrected chi connectivity index (χ4v) is 2.94. The Balaban J connectivity index is 1.57. The van der Waals surface area contributed by atoms with Gasteiger partial charge in [-0.3, -0.25) is 9.88 Å². The smallest absolute Gasteiger partial charge is 0.147 e. The van der Waals surface area contributed by atoms with Crippen molar-refractivity contribution in [2.24, 2.45) is 0 Å². The number of thiocarbonyl (C=S) groups is 1. The van der Waals surface area contributed by atoms with Gasteiger partial charge in [-0.1, -0.05) is 12.2 Å². The highest BCUT2D eigenvalue weighted by Crippen LogP contribution is 2.16. The molecule has 0 atom stereocenters. The molecule has 0 bridgehead atoms. The lowest BCUT2D eigenvalue weighted by Gasteiger charge is -2.28. The predicted molar refractivity (Wildman–Crippen MR) is 90.2 cm³/mol. The monoisotopic (exact) mass is 321 g/mol. The van der Waals surface area contributed by atoms with Crippen LogP contribution in [-0.2, 0) is 4.74 Å². The van der Waals surface area contributed by atoms with E-state index in [1.165, 1.54) is 19.3 Å². The van der Waals surface area contributed by atoms with E-state index in [1.807, 2.05) is 6.20 Å². The van der Waals surface area contributed by atoms with Gasteiger partial charge in [0.25, 0.3) is 0 Å². The minimum Gasteiger partial charge on any atom is -0.379 e. The molecular weight excluding hydrogens is 298 g/mol. The molecule has 2 aliphatic rings. The van der Waals surface area contributed by atoms with Crippen molar-refractivity contribution in [2.75, 3.05) is 51.0 Å². The van der Waals surface area contributed by atoms with Gasteiger partial charge in [-0.15, -0.1) is 0 Å². The normalized spacial score (nSPS) is 19.9. The number of hydrogen-bond donors (Lipinski definition) is 1. The van der Waals surface area contributed by atoms with Crippen LogP contribution in [0.15, 0.2) is 12.4 Å². The standard InChI is InChI=1S/C15H23N5OS/c22-15(17-12-19-6-8-21-9-7-19)13-10-16-11-14(18-13)20-4-2-1-3-5-20/h10-11H,1-9,12H2,(H,17,22). The Bertz CT molecular complexity index is 500. The number of rotatable bonds is 4. The van der Waals surface area contributed by atoms with Crippen LogP contribution in [0.5, 0.6) is 0 Å². The van der Waals surface area contributed by atoms with Crippen molar-refractivity contribution in [1.82, 2.24) is 20.2 Å². The number of piperidine rings is 1. The van der Waals surface area contributed by atoms with Gasteiger partial charge >= 0.3 is 0 Å². The predicted octanol–water partition coefficient (Wildman–Crippen LogP) is 1.02. The zero-order chi connectivity index (χ0) is 15.2. The summed E-state index contributed by atoms with van der Waals surface area (Å²) >= 11 is 5.46. The van der Waals surface area contributed by atoms with Crippen molar-refractivity contribution >= 4 is 23.0 Å². The van der Waals surface area contributed by atoms with E-state index in [2.05, 4.69) is 25.1 Å². The van der Waals surface area contributed by atoms with Crippen LogP contribution in [0.3, 0.4) is 0 Å². The highest BCUT2D eigenvalue weighted by atomic mass is 32.1. The molecule has 0 aliphatic carbocycles. The number of anilines is 1. The molecule has 0 amide bonds. The average molecular weight is 321 g/mol. The van der Waals surface area contributed by atoms with Crippen molar-refractivity contribution in [3.05, 3.63) is 18.1 Å². The van der Waals surface area contributed by atoms with Gasteiger partial charge in [0.1, 0.15) is 16.5 Å². The lowest BCUT2D eigenvalue weighted by molar-refractivity contribution is 0.0368. The molecule has 3 rings (SSSR count). The number of aromatic nitrogens is 2. The second-order valence-corrected chi connectivity index (χ2v) is 6.11. The molecule has 0 saturated carbocycles. The summed E-state index contributed by atoms with van der Waals surface area (Å²) in [6, 6.07) is 0. The van der Waals surface area contributed by atoms with Crippen molar-refractivity contribution in [1.29, 1.82) is 0 Å². The Morgan fingerprint density at radius 3 is 2.68 bits per heavy atom. The van der Waals surface area contributed by atoms with Crippen molar-refractivity contribution in [2.45, 2.75) is 19.3 Å². The minimum absolute atomic E-state index is 0.665. The van der Waals surface area contributed by atoms with Gasteiger partial charge in [-0.2, -0.15) is 0 Å². The third-order valence-corrected chi connectivity index (χ3v) is 4.45.